The normalized spacial score (nSPS) is 6.47. The number of carbonyl (C=O) groups excluding carboxylic acids is 2. The number of aliphatic carboxylic acids is 2. The quantitative estimate of drug-likeness (QED) is 0.305. The summed E-state index contributed by atoms with van der Waals surface area (Å²) < 4.78 is 0. The van der Waals surface area contributed by atoms with Gasteiger partial charge in [0, 0.05) is 11.9 Å². The molecular weight excluding hydrogens is 431 g/mol. The average Bonchev–Trinajstić information content (AvgIpc) is 2.16. The maximum absolute atomic E-state index is 8.89. The molecule has 0 aliphatic rings. The van der Waals surface area contributed by atoms with E-state index < -0.39 is 11.9 Å². The van der Waals surface area contributed by atoms with Crippen molar-refractivity contribution in [3.05, 3.63) is 0 Å². The number of carboxylic acid groups (broad SMARTS) is 2. The number of aliphatic hydroxyl groups is 4. The molecule has 0 aliphatic heterocycles. The van der Waals surface area contributed by atoms with Gasteiger partial charge in [-0.1, -0.05) is 0 Å². The second-order valence-electron chi connectivity index (χ2n) is 1.88. The number of carboxylic acids is 2. The third kappa shape index (κ3) is 1020. The summed E-state index contributed by atoms with van der Waals surface area (Å²) in [6, 6.07) is 0. The molecule has 9 heteroatoms. The summed E-state index contributed by atoms with van der Waals surface area (Å²) in [5.74, 6) is -2.17. The van der Waals surface area contributed by atoms with E-state index in [9.17, 15) is 0 Å². The Labute approximate surface area is 120 Å². The maximum Gasteiger partial charge on any atom is 2.00 e. The van der Waals surface area contributed by atoms with Gasteiger partial charge in [0.25, 0.3) is 0 Å². The zero-order valence-electron chi connectivity index (χ0n) is 9.75. The van der Waals surface area contributed by atoms with Crippen molar-refractivity contribution in [1.82, 2.24) is 0 Å². The van der Waals surface area contributed by atoms with Crippen LogP contribution >= 0.6 is 0 Å². The van der Waals surface area contributed by atoms with Crippen molar-refractivity contribution >= 4 is 39.2 Å². The molecule has 0 aromatic carbocycles. The Bertz CT molecular complexity index is 113. The van der Waals surface area contributed by atoms with E-state index in [1.165, 1.54) is 0 Å². The van der Waals surface area contributed by atoms with Crippen molar-refractivity contribution in [2.75, 3.05) is 26.4 Å². The number of aliphatic hydroxyl groups excluding tert-OH is 4. The van der Waals surface area contributed by atoms with Crippen LogP contribution in [0.3, 0.4) is 0 Å². The molecule has 4 N–H and O–H groups in total. The molecule has 0 amide bonds. The Morgan fingerprint density at radius 2 is 0.824 bits per heavy atom. The van der Waals surface area contributed by atoms with Gasteiger partial charge in [-0.15, -0.1) is 0 Å². The Kier molecular flexibility index (Phi) is 63.8. The summed E-state index contributed by atoms with van der Waals surface area (Å²) >= 11 is 0. The summed E-state index contributed by atoms with van der Waals surface area (Å²) in [6.45, 7) is 1.44. The minimum absolute atomic E-state index is 0. The smallest absolute Gasteiger partial charge is 0.550 e. The van der Waals surface area contributed by atoms with Crippen LogP contribution < -0.4 is 10.2 Å². The van der Waals surface area contributed by atoms with E-state index in [1.807, 2.05) is 0 Å². The summed E-state index contributed by atoms with van der Waals surface area (Å²) in [5.41, 5.74) is 0. The molecule has 0 rings (SSSR count). The van der Waals surface area contributed by atoms with Gasteiger partial charge in [-0.2, -0.15) is 0 Å². The van der Waals surface area contributed by atoms with Crippen molar-refractivity contribution in [2.24, 2.45) is 0 Å². The summed E-state index contributed by atoms with van der Waals surface area (Å²) in [4.78, 5) is 17.8. The number of carbonyl (C=O) groups is 2. The van der Waals surface area contributed by atoms with Gasteiger partial charge in [-0.05, 0) is 13.8 Å². The predicted octanol–water partition coefficient (Wildman–Crippen LogP) is -4.93. The molecule has 0 unspecified atom stereocenters. The number of hydrogen-bond acceptors (Lipinski definition) is 8. The van der Waals surface area contributed by atoms with Crippen molar-refractivity contribution in [3.63, 3.8) is 0 Å². The van der Waals surface area contributed by atoms with Gasteiger partial charge < -0.3 is 40.2 Å². The summed E-state index contributed by atoms with van der Waals surface area (Å²) in [7, 11) is 0. The minimum atomic E-state index is -1.08. The van der Waals surface area contributed by atoms with Crippen LogP contribution in [0.4, 0.5) is 0 Å². The Balaban J connectivity index is -0.0000000369. The fourth-order valence-electron chi connectivity index (χ4n) is 0. The molecule has 102 valence electrons. The molecule has 17 heavy (non-hydrogen) atoms. The van der Waals surface area contributed by atoms with E-state index in [2.05, 4.69) is 0 Å². The molecule has 0 bridgehead atoms. The van der Waals surface area contributed by atoms with Gasteiger partial charge in [0.15, 0.2) is 0 Å². The van der Waals surface area contributed by atoms with Gasteiger partial charge in [-0.25, -0.2) is 0 Å². The van der Waals surface area contributed by atoms with Crippen LogP contribution in [0, 0.1) is 0 Å². The fraction of sp³-hybridized carbons (Fsp3) is 0.750. The second kappa shape index (κ2) is 36.1. The van der Waals surface area contributed by atoms with Gasteiger partial charge in [0.1, 0.15) is 0 Å². The fourth-order valence-corrected chi connectivity index (χ4v) is 0. The van der Waals surface area contributed by atoms with Gasteiger partial charge in [0.2, 0.25) is 0 Å². The minimum Gasteiger partial charge on any atom is -0.550 e. The van der Waals surface area contributed by atoms with Crippen molar-refractivity contribution in [2.45, 2.75) is 13.8 Å². The molecule has 8 nitrogen and oxygen atoms in total. The van der Waals surface area contributed by atoms with Crippen LogP contribution in [0.25, 0.3) is 0 Å². The molecule has 2 radical (unpaired) electrons. The molecule has 0 spiro atoms. The van der Waals surface area contributed by atoms with Crippen LogP contribution in [0.2, 0.25) is 0 Å². The molecule has 0 fully saturated rings. The van der Waals surface area contributed by atoms with E-state index in [4.69, 9.17) is 40.2 Å². The number of rotatable bonds is 2. The molecule has 0 aliphatic carbocycles. The van der Waals surface area contributed by atoms with Crippen LogP contribution in [0.5, 0.6) is 0 Å². The Hall–Kier alpha value is -0.298. The van der Waals surface area contributed by atoms with Gasteiger partial charge in [0.05, 0.1) is 26.4 Å². The largest absolute Gasteiger partial charge is 2.00 e. The van der Waals surface area contributed by atoms with Crippen molar-refractivity contribution in [3.8, 4) is 0 Å². The maximum atomic E-state index is 8.89. The molecule has 0 atom stereocenters. The van der Waals surface area contributed by atoms with Crippen molar-refractivity contribution in [1.29, 1.82) is 0 Å². The third-order valence-corrected chi connectivity index (χ3v) is 0.200. The third-order valence-electron chi connectivity index (χ3n) is 0.200. The number of hydrogen-bond donors (Lipinski definition) is 4. The first-order valence-electron chi connectivity index (χ1n) is 4.08. The van der Waals surface area contributed by atoms with E-state index >= 15 is 0 Å². The van der Waals surface area contributed by atoms with Crippen LogP contribution in [0.1, 0.15) is 13.8 Å². The van der Waals surface area contributed by atoms with E-state index in [0.717, 1.165) is 13.8 Å². The summed E-state index contributed by atoms with van der Waals surface area (Å²) in [6.07, 6.45) is 0. The van der Waals surface area contributed by atoms with Gasteiger partial charge in [-0.3, -0.25) is 0 Å². The van der Waals surface area contributed by atoms with E-state index in [-0.39, 0.29) is 53.7 Å². The van der Waals surface area contributed by atoms with Crippen molar-refractivity contribution < 1.29 is 40.2 Å². The first-order chi connectivity index (χ1) is 7.29. The monoisotopic (exact) mass is 450 g/mol. The molecule has 0 saturated carbocycles. The molecule has 0 saturated heterocycles. The molecule has 0 aromatic heterocycles. The van der Waals surface area contributed by atoms with Crippen LogP contribution in [-0.2, 0) is 9.59 Å². The Morgan fingerprint density at radius 3 is 0.824 bits per heavy atom. The van der Waals surface area contributed by atoms with Crippen LogP contribution in [-0.4, -0.2) is 86.1 Å². The molecule has 0 heterocycles. The standard InChI is InChI=1S/2C2H4O2.2C2H6O2.Pb/c2*1-2(3)4;2*3-1-2-4;/h2*1H3,(H,3,4);2*3-4H,1-2H2;/q;;;;+2/p-2. The van der Waals surface area contributed by atoms with Gasteiger partial charge >= 0.3 is 27.3 Å². The van der Waals surface area contributed by atoms with Crippen LogP contribution in [0.15, 0.2) is 0 Å². The first kappa shape index (κ1) is 30.1. The van der Waals surface area contributed by atoms with E-state index in [1.54, 1.807) is 0 Å². The average molecular weight is 449 g/mol. The topological polar surface area (TPSA) is 161 Å². The van der Waals surface area contributed by atoms with E-state index in [0.29, 0.717) is 0 Å². The second-order valence-corrected chi connectivity index (χ2v) is 1.88. The molecular formula is C8H18O8Pb. The first-order valence-corrected chi connectivity index (χ1v) is 4.08. The SMILES string of the molecule is CC(=O)[O-].CC(=O)[O-].OCCO.OCCO.[Pb+2]. The zero-order valence-corrected chi connectivity index (χ0v) is 13.6. The zero-order chi connectivity index (χ0) is 14.0. The predicted molar refractivity (Wildman–Crippen MR) is 55.5 cm³/mol. The molecule has 0 aromatic rings. The summed E-state index contributed by atoms with van der Waals surface area (Å²) in [5, 5.41) is 48.3. The Morgan fingerprint density at radius 1 is 0.765 bits per heavy atom.